The minimum absolute atomic E-state index is 0.0156. The molecule has 0 spiro atoms. The summed E-state index contributed by atoms with van der Waals surface area (Å²) in [7, 11) is -3.80. The maximum atomic E-state index is 13.8. The Bertz CT molecular complexity index is 1350. The van der Waals surface area contributed by atoms with Gasteiger partial charge >= 0.3 is 5.97 Å². The van der Waals surface area contributed by atoms with E-state index < -0.39 is 27.4 Å². The van der Waals surface area contributed by atoms with Crippen LogP contribution in [0, 0.1) is 11.6 Å². The zero-order chi connectivity index (χ0) is 24.5. The van der Waals surface area contributed by atoms with Crippen LogP contribution in [0.5, 0.6) is 11.5 Å². The molecule has 0 amide bonds. The summed E-state index contributed by atoms with van der Waals surface area (Å²) < 4.78 is 59.5. The Kier molecular flexibility index (Phi) is 6.87. The molecule has 34 heavy (non-hydrogen) atoms. The summed E-state index contributed by atoms with van der Waals surface area (Å²) in [5.41, 5.74) is 1.56. The minimum Gasteiger partial charge on any atom is -0.480 e. The highest BCUT2D eigenvalue weighted by Crippen LogP contribution is 2.34. The van der Waals surface area contributed by atoms with Gasteiger partial charge in [-0.3, -0.25) is 14.8 Å². The van der Waals surface area contributed by atoms with Crippen LogP contribution in [0.15, 0.2) is 47.5 Å². The van der Waals surface area contributed by atoms with E-state index in [0.717, 1.165) is 29.8 Å². The van der Waals surface area contributed by atoms with Crippen molar-refractivity contribution in [1.82, 2.24) is 15.1 Å². The van der Waals surface area contributed by atoms with E-state index in [1.165, 1.54) is 22.9 Å². The van der Waals surface area contributed by atoms with Gasteiger partial charge in [-0.05, 0) is 49.6 Å². The van der Waals surface area contributed by atoms with E-state index >= 15 is 0 Å². The van der Waals surface area contributed by atoms with Crippen LogP contribution in [0.3, 0.4) is 0 Å². The molecule has 180 valence electrons. The molecule has 0 saturated heterocycles. The molecule has 1 atom stereocenters. The van der Waals surface area contributed by atoms with Crippen LogP contribution in [0.25, 0.3) is 0 Å². The third-order valence-corrected chi connectivity index (χ3v) is 7.26. The van der Waals surface area contributed by atoms with Crippen molar-refractivity contribution in [3.05, 3.63) is 70.5 Å². The van der Waals surface area contributed by atoms with E-state index in [9.17, 15) is 22.0 Å². The average Bonchev–Trinajstić information content (AvgIpc) is 3.18. The molecule has 0 bridgehead atoms. The van der Waals surface area contributed by atoms with E-state index in [1.54, 1.807) is 6.20 Å². The van der Waals surface area contributed by atoms with E-state index in [2.05, 4.69) is 10.4 Å². The molecule has 2 aromatic carbocycles. The molecule has 1 aromatic heterocycles. The molecule has 1 aliphatic carbocycles. The molecule has 12 heteroatoms. The lowest BCUT2D eigenvalue weighted by atomic mass is 9.93. The second-order valence-corrected chi connectivity index (χ2v) is 10.2. The normalized spacial score (nSPS) is 15.7. The largest absolute Gasteiger partial charge is 0.480 e. The van der Waals surface area contributed by atoms with Gasteiger partial charge in [0.05, 0.1) is 16.1 Å². The van der Waals surface area contributed by atoms with Crippen LogP contribution in [-0.2, 0) is 27.6 Å². The average molecular weight is 512 g/mol. The van der Waals surface area contributed by atoms with Crippen molar-refractivity contribution < 1.29 is 31.8 Å². The highest BCUT2D eigenvalue weighted by atomic mass is 35.5. The molecule has 0 fully saturated rings. The number of carboxylic acids is 1. The van der Waals surface area contributed by atoms with Crippen LogP contribution < -0.4 is 10.1 Å². The second kappa shape index (κ2) is 9.69. The molecule has 4 rings (SSSR count). The van der Waals surface area contributed by atoms with E-state index in [0.29, 0.717) is 18.9 Å². The van der Waals surface area contributed by atoms with Crippen molar-refractivity contribution in [2.45, 2.75) is 36.7 Å². The predicted molar refractivity (Wildman–Crippen MR) is 119 cm³/mol. The molecular weight excluding hydrogens is 492 g/mol. The number of fused-ring (bicyclic) bond motifs is 1. The third kappa shape index (κ3) is 5.21. The summed E-state index contributed by atoms with van der Waals surface area (Å²) in [5.74, 6) is -3.31. The van der Waals surface area contributed by atoms with Crippen LogP contribution in [0.4, 0.5) is 8.78 Å². The zero-order valence-electron chi connectivity index (χ0n) is 17.7. The Morgan fingerprint density at radius 3 is 2.71 bits per heavy atom. The summed E-state index contributed by atoms with van der Waals surface area (Å²) in [6.45, 7) is -0.255. The number of nitrogens with one attached hydrogen (secondary N) is 1. The van der Waals surface area contributed by atoms with Gasteiger partial charge in [0.15, 0.2) is 21.4 Å². The number of ether oxygens (including phenoxy) is 1. The summed E-state index contributed by atoms with van der Waals surface area (Å²) in [4.78, 5) is 11.0. The van der Waals surface area contributed by atoms with Crippen LogP contribution >= 0.6 is 11.6 Å². The predicted octanol–water partition coefficient (Wildman–Crippen LogP) is 4.09. The van der Waals surface area contributed by atoms with Gasteiger partial charge in [0.1, 0.15) is 24.0 Å². The number of nitrogens with zero attached hydrogens (tertiary/aromatic N) is 2. The molecule has 3 aromatic rings. The van der Waals surface area contributed by atoms with Crippen molar-refractivity contribution >= 4 is 27.4 Å². The van der Waals surface area contributed by atoms with Gasteiger partial charge in [0, 0.05) is 23.4 Å². The first kappa shape index (κ1) is 24.1. The Morgan fingerprint density at radius 2 is 2.00 bits per heavy atom. The number of carboxylic acid groups (broad SMARTS) is 1. The summed E-state index contributed by atoms with van der Waals surface area (Å²) in [5, 5.41) is 16.1. The third-order valence-electron chi connectivity index (χ3n) is 5.44. The smallest absolute Gasteiger partial charge is 0.325 e. The molecule has 1 aliphatic rings. The number of hydrogen-bond acceptors (Lipinski definition) is 6. The van der Waals surface area contributed by atoms with Gasteiger partial charge in [-0.25, -0.2) is 17.2 Å². The van der Waals surface area contributed by atoms with Gasteiger partial charge in [-0.15, -0.1) is 0 Å². The molecule has 0 saturated carbocycles. The molecule has 0 unspecified atom stereocenters. The molecule has 2 N–H and O–H groups in total. The van der Waals surface area contributed by atoms with E-state index in [-0.39, 0.29) is 39.9 Å². The van der Waals surface area contributed by atoms with Gasteiger partial charge in [0.2, 0.25) is 0 Å². The number of hydrogen-bond donors (Lipinski definition) is 2. The van der Waals surface area contributed by atoms with Crippen molar-refractivity contribution in [2.75, 3.05) is 5.88 Å². The number of halogens is 3. The number of sulfone groups is 1. The Morgan fingerprint density at radius 1 is 1.24 bits per heavy atom. The fraction of sp³-hybridized carbons (Fsp3) is 0.273. The molecular formula is C22H20ClF2N3O5S. The highest BCUT2D eigenvalue weighted by molar-refractivity contribution is 7.91. The SMILES string of the molecule is O=C(O)Cn1ncc2c1CCC[C@H]2NCS(=O)(=O)c1ccc(Oc2ccc(F)cc2F)c(Cl)c1. The van der Waals surface area contributed by atoms with Crippen molar-refractivity contribution in [3.8, 4) is 11.5 Å². The first-order chi connectivity index (χ1) is 16.1. The van der Waals surface area contributed by atoms with Crippen molar-refractivity contribution in [2.24, 2.45) is 0 Å². The van der Waals surface area contributed by atoms with Gasteiger partial charge in [-0.2, -0.15) is 5.10 Å². The minimum atomic E-state index is -3.80. The lowest BCUT2D eigenvalue weighted by Gasteiger charge is -2.24. The first-order valence-corrected chi connectivity index (χ1v) is 12.3. The van der Waals surface area contributed by atoms with Crippen LogP contribution in [0.1, 0.15) is 30.1 Å². The fourth-order valence-electron chi connectivity index (χ4n) is 3.82. The molecule has 0 aliphatic heterocycles. The van der Waals surface area contributed by atoms with Gasteiger partial charge < -0.3 is 9.84 Å². The zero-order valence-corrected chi connectivity index (χ0v) is 19.2. The first-order valence-electron chi connectivity index (χ1n) is 10.3. The molecule has 1 heterocycles. The lowest BCUT2D eigenvalue weighted by Crippen LogP contribution is -2.30. The highest BCUT2D eigenvalue weighted by Gasteiger charge is 2.27. The number of rotatable bonds is 8. The summed E-state index contributed by atoms with van der Waals surface area (Å²) >= 11 is 6.16. The maximum absolute atomic E-state index is 13.8. The Balaban J connectivity index is 1.47. The van der Waals surface area contributed by atoms with E-state index in [1.807, 2.05) is 0 Å². The van der Waals surface area contributed by atoms with Crippen molar-refractivity contribution in [1.29, 1.82) is 0 Å². The number of benzene rings is 2. The topological polar surface area (TPSA) is 111 Å². The van der Waals surface area contributed by atoms with Crippen molar-refractivity contribution in [3.63, 3.8) is 0 Å². The molecule has 8 nitrogen and oxygen atoms in total. The molecule has 0 radical (unpaired) electrons. The fourth-order valence-corrected chi connectivity index (χ4v) is 5.27. The number of carbonyl (C=O) groups is 1. The van der Waals surface area contributed by atoms with Gasteiger partial charge in [-0.1, -0.05) is 11.6 Å². The van der Waals surface area contributed by atoms with Crippen LogP contribution in [0.2, 0.25) is 5.02 Å². The lowest BCUT2D eigenvalue weighted by molar-refractivity contribution is -0.137. The standard InChI is InChI=1S/C22H20ClF2N3O5S/c23-16-9-14(5-7-20(16)33-21-6-4-13(24)8-17(21)25)34(31,32)12-26-18-2-1-3-19-15(18)10-27-28(19)11-22(29)30/h4-10,18,26H,1-3,11-12H2,(H,29,30)/t18-/m1/s1. The summed E-state index contributed by atoms with van der Waals surface area (Å²) in [6, 6.07) is 6.29. The van der Waals surface area contributed by atoms with Gasteiger partial charge in [0.25, 0.3) is 0 Å². The Hall–Kier alpha value is -3.02. The number of aliphatic carboxylic acids is 1. The monoisotopic (exact) mass is 511 g/mol. The maximum Gasteiger partial charge on any atom is 0.325 e. The number of aromatic nitrogens is 2. The second-order valence-electron chi connectivity index (χ2n) is 7.78. The van der Waals surface area contributed by atoms with Crippen LogP contribution in [-0.4, -0.2) is 35.2 Å². The quantitative estimate of drug-likeness (QED) is 0.468. The Labute approximate surface area is 199 Å². The van der Waals surface area contributed by atoms with E-state index in [4.69, 9.17) is 21.4 Å². The summed E-state index contributed by atoms with van der Waals surface area (Å²) in [6.07, 6.45) is 3.67.